The van der Waals surface area contributed by atoms with Gasteiger partial charge in [-0.25, -0.2) is 0 Å². The van der Waals surface area contributed by atoms with Crippen molar-refractivity contribution < 1.29 is 10.0 Å². The average molecular weight is 241 g/mol. The van der Waals surface area contributed by atoms with Crippen LogP contribution in [0.1, 0.15) is 51.4 Å². The smallest absolute Gasteiger partial charge is 0.220 e. The first kappa shape index (κ1) is 13.8. The van der Waals surface area contributed by atoms with Crippen LogP contribution in [0.4, 0.5) is 0 Å². The van der Waals surface area contributed by atoms with Crippen molar-refractivity contribution in [2.75, 3.05) is 6.54 Å². The molecule has 1 saturated carbocycles. The van der Waals surface area contributed by atoms with E-state index in [1.165, 1.54) is 25.7 Å². The lowest BCUT2D eigenvalue weighted by atomic mass is 10.0. The molecule has 0 bridgehead atoms. The highest BCUT2D eigenvalue weighted by atomic mass is 16.4. The molecule has 0 spiro atoms. The Bertz CT molecular complexity index is 260. The maximum Gasteiger partial charge on any atom is 0.220 e. The average Bonchev–Trinajstić information content (AvgIpc) is 2.81. The number of carbonyl (C=O) groups excluding carboxylic acids is 1. The molecular weight excluding hydrogens is 218 g/mol. The standard InChI is InChI=1S/C12H23N3O2/c13-11(15-17)7-3-4-8-14-12(16)9-10-5-1-2-6-10/h10,17H,1-9H2,(H2,13,15)(H,14,16). The van der Waals surface area contributed by atoms with Crippen LogP contribution in [-0.4, -0.2) is 23.5 Å². The predicted octanol–water partition coefficient (Wildman–Crippen LogP) is 1.60. The fourth-order valence-corrected chi connectivity index (χ4v) is 2.26. The number of oxime groups is 1. The van der Waals surface area contributed by atoms with Crippen LogP contribution < -0.4 is 11.1 Å². The highest BCUT2D eigenvalue weighted by Gasteiger charge is 2.17. The first-order valence-corrected chi connectivity index (χ1v) is 6.45. The number of nitrogens with zero attached hydrogens (tertiary/aromatic N) is 1. The lowest BCUT2D eigenvalue weighted by Gasteiger charge is -2.09. The summed E-state index contributed by atoms with van der Waals surface area (Å²) in [7, 11) is 0. The summed E-state index contributed by atoms with van der Waals surface area (Å²) in [4.78, 5) is 11.6. The first-order chi connectivity index (χ1) is 8.22. The van der Waals surface area contributed by atoms with Crippen LogP contribution in [0.15, 0.2) is 5.16 Å². The lowest BCUT2D eigenvalue weighted by Crippen LogP contribution is -2.26. The van der Waals surface area contributed by atoms with E-state index in [2.05, 4.69) is 10.5 Å². The molecule has 0 heterocycles. The van der Waals surface area contributed by atoms with Crippen LogP contribution in [0.3, 0.4) is 0 Å². The number of hydrogen-bond acceptors (Lipinski definition) is 3. The van der Waals surface area contributed by atoms with Gasteiger partial charge in [0.15, 0.2) is 0 Å². The Morgan fingerprint density at radius 1 is 1.35 bits per heavy atom. The third-order valence-corrected chi connectivity index (χ3v) is 3.26. The van der Waals surface area contributed by atoms with E-state index < -0.39 is 0 Å². The minimum Gasteiger partial charge on any atom is -0.409 e. The van der Waals surface area contributed by atoms with E-state index in [9.17, 15) is 4.79 Å². The quantitative estimate of drug-likeness (QED) is 0.208. The van der Waals surface area contributed by atoms with Crippen LogP contribution >= 0.6 is 0 Å². The van der Waals surface area contributed by atoms with Gasteiger partial charge in [0, 0.05) is 19.4 Å². The number of nitrogens with two attached hydrogens (primary N) is 1. The number of hydrogen-bond donors (Lipinski definition) is 3. The first-order valence-electron chi connectivity index (χ1n) is 6.45. The monoisotopic (exact) mass is 241 g/mol. The summed E-state index contributed by atoms with van der Waals surface area (Å²) in [6.45, 7) is 0.685. The summed E-state index contributed by atoms with van der Waals surface area (Å²) < 4.78 is 0. The van der Waals surface area contributed by atoms with Crippen molar-refractivity contribution in [3.63, 3.8) is 0 Å². The van der Waals surface area contributed by atoms with Crippen LogP contribution in [0, 0.1) is 5.92 Å². The number of rotatable bonds is 7. The Kier molecular flexibility index (Phi) is 6.43. The van der Waals surface area contributed by atoms with Gasteiger partial charge in [0.2, 0.25) is 5.91 Å². The second-order valence-electron chi connectivity index (χ2n) is 4.75. The van der Waals surface area contributed by atoms with Gasteiger partial charge in [-0.2, -0.15) is 0 Å². The van der Waals surface area contributed by atoms with Gasteiger partial charge in [-0.05, 0) is 31.6 Å². The van der Waals surface area contributed by atoms with E-state index >= 15 is 0 Å². The zero-order chi connectivity index (χ0) is 12.5. The molecule has 1 amide bonds. The Labute approximate surface area is 102 Å². The van der Waals surface area contributed by atoms with E-state index in [4.69, 9.17) is 10.9 Å². The van der Waals surface area contributed by atoms with Gasteiger partial charge in [-0.15, -0.1) is 0 Å². The van der Waals surface area contributed by atoms with Crippen LogP contribution in [0.5, 0.6) is 0 Å². The predicted molar refractivity (Wildman–Crippen MR) is 66.8 cm³/mol. The summed E-state index contributed by atoms with van der Waals surface area (Å²) >= 11 is 0. The van der Waals surface area contributed by atoms with E-state index in [1.54, 1.807) is 0 Å². The van der Waals surface area contributed by atoms with Gasteiger partial charge >= 0.3 is 0 Å². The number of amidine groups is 1. The van der Waals surface area contributed by atoms with Gasteiger partial charge in [-0.1, -0.05) is 18.0 Å². The topological polar surface area (TPSA) is 87.7 Å². The van der Waals surface area contributed by atoms with Gasteiger partial charge in [0.1, 0.15) is 5.84 Å². The second kappa shape index (κ2) is 7.92. The SMILES string of the molecule is NC(CCCCNC(=O)CC1CCCC1)=NO. The molecule has 0 aromatic carbocycles. The van der Waals surface area contributed by atoms with Crippen molar-refractivity contribution in [2.45, 2.75) is 51.4 Å². The molecule has 4 N–H and O–H groups in total. The third-order valence-electron chi connectivity index (χ3n) is 3.26. The molecule has 5 nitrogen and oxygen atoms in total. The molecule has 0 aromatic heterocycles. The summed E-state index contributed by atoms with van der Waals surface area (Å²) in [5.74, 6) is 1.02. The van der Waals surface area contributed by atoms with Gasteiger partial charge in [0.25, 0.3) is 0 Å². The zero-order valence-corrected chi connectivity index (χ0v) is 10.3. The Hall–Kier alpha value is -1.26. The number of unbranched alkanes of at least 4 members (excludes halogenated alkanes) is 1. The minimum absolute atomic E-state index is 0.167. The molecule has 17 heavy (non-hydrogen) atoms. The molecule has 1 aliphatic carbocycles. The van der Waals surface area contributed by atoms with Gasteiger partial charge in [0.05, 0.1) is 0 Å². The van der Waals surface area contributed by atoms with Crippen molar-refractivity contribution >= 4 is 11.7 Å². The van der Waals surface area contributed by atoms with E-state index in [-0.39, 0.29) is 11.7 Å². The zero-order valence-electron chi connectivity index (χ0n) is 10.3. The molecule has 0 radical (unpaired) electrons. The Balaban J connectivity index is 1.96. The van der Waals surface area contributed by atoms with Crippen molar-refractivity contribution in [3.05, 3.63) is 0 Å². The molecule has 0 unspecified atom stereocenters. The Morgan fingerprint density at radius 3 is 2.71 bits per heavy atom. The number of nitrogens with one attached hydrogen (secondary N) is 1. The highest BCUT2D eigenvalue weighted by Crippen LogP contribution is 2.27. The minimum atomic E-state index is 0.167. The van der Waals surface area contributed by atoms with Gasteiger partial charge in [-0.3, -0.25) is 4.79 Å². The molecule has 0 aliphatic heterocycles. The molecule has 98 valence electrons. The molecule has 5 heteroatoms. The van der Waals surface area contributed by atoms with E-state index in [1.807, 2.05) is 0 Å². The second-order valence-corrected chi connectivity index (χ2v) is 4.75. The third kappa shape index (κ3) is 6.14. The van der Waals surface area contributed by atoms with Crippen molar-refractivity contribution in [3.8, 4) is 0 Å². The summed E-state index contributed by atoms with van der Waals surface area (Å²) in [6, 6.07) is 0. The fraction of sp³-hybridized carbons (Fsp3) is 0.833. The molecule has 1 rings (SSSR count). The van der Waals surface area contributed by atoms with E-state index in [0.29, 0.717) is 25.3 Å². The maximum absolute atomic E-state index is 11.6. The Morgan fingerprint density at radius 2 is 2.06 bits per heavy atom. The van der Waals surface area contributed by atoms with Gasteiger partial charge < -0.3 is 16.3 Å². The normalized spacial score (nSPS) is 17.3. The summed E-state index contributed by atoms with van der Waals surface area (Å²) in [5, 5.41) is 14.1. The molecule has 0 atom stereocenters. The number of carbonyl (C=O) groups is 1. The summed E-state index contributed by atoms with van der Waals surface area (Å²) in [5.41, 5.74) is 5.34. The maximum atomic E-state index is 11.6. The van der Waals surface area contributed by atoms with Crippen LogP contribution in [-0.2, 0) is 4.79 Å². The molecule has 0 aromatic rings. The number of amides is 1. The van der Waals surface area contributed by atoms with Crippen molar-refractivity contribution in [2.24, 2.45) is 16.8 Å². The van der Waals surface area contributed by atoms with Crippen molar-refractivity contribution in [1.82, 2.24) is 5.32 Å². The fourth-order valence-electron chi connectivity index (χ4n) is 2.26. The largest absolute Gasteiger partial charge is 0.409 e. The lowest BCUT2D eigenvalue weighted by molar-refractivity contribution is -0.121. The molecule has 0 saturated heterocycles. The molecule has 1 fully saturated rings. The van der Waals surface area contributed by atoms with E-state index in [0.717, 1.165) is 12.8 Å². The molecular formula is C12H23N3O2. The van der Waals surface area contributed by atoms with Crippen molar-refractivity contribution in [1.29, 1.82) is 0 Å². The summed E-state index contributed by atoms with van der Waals surface area (Å²) in [6.07, 6.45) is 7.92. The van der Waals surface area contributed by atoms with Crippen LogP contribution in [0.25, 0.3) is 0 Å². The van der Waals surface area contributed by atoms with Crippen LogP contribution in [0.2, 0.25) is 0 Å². The highest BCUT2D eigenvalue weighted by molar-refractivity contribution is 5.79. The molecule has 1 aliphatic rings.